The highest BCUT2D eigenvalue weighted by Gasteiger charge is 2.64. The minimum Gasteiger partial charge on any atom is -0.495 e. The first kappa shape index (κ1) is 66.4. The number of nitrogens with zero attached hydrogens (tertiary/aromatic N) is 4. The summed E-state index contributed by atoms with van der Waals surface area (Å²) in [5, 5.41) is 13.8. The van der Waals surface area contributed by atoms with Crippen molar-refractivity contribution in [2.75, 3.05) is 65.3 Å². The van der Waals surface area contributed by atoms with E-state index in [9.17, 15) is 43.5 Å². The van der Waals surface area contributed by atoms with E-state index in [0.717, 1.165) is 11.1 Å². The number of esters is 1. The number of carbonyl (C=O) groups is 8. The predicted octanol–water partition coefficient (Wildman–Crippen LogP) is 6.41. The van der Waals surface area contributed by atoms with E-state index in [2.05, 4.69) is 5.32 Å². The van der Waals surface area contributed by atoms with Gasteiger partial charge in [-0.15, -0.1) is 23.5 Å². The number of hydrogen-bond acceptors (Lipinski definition) is 18. The van der Waals surface area contributed by atoms with Crippen LogP contribution in [-0.4, -0.2) is 196 Å². The number of benzene rings is 1. The van der Waals surface area contributed by atoms with E-state index in [4.69, 9.17) is 44.8 Å². The van der Waals surface area contributed by atoms with E-state index < -0.39 is 94.5 Å². The molecule has 0 aromatic heterocycles. The predicted molar refractivity (Wildman–Crippen MR) is 310 cm³/mol. The number of likely N-dealkylation sites (tertiary alicyclic amines) is 2. The fourth-order valence-electron chi connectivity index (χ4n) is 10.5. The molecule has 4 fully saturated rings. The Morgan fingerprint density at radius 3 is 2.22 bits per heavy atom. The van der Waals surface area contributed by atoms with Gasteiger partial charge in [0.15, 0.2) is 5.72 Å². The first-order valence-corrected chi connectivity index (χ1v) is 30.3. The number of hydrogen-bond donors (Lipinski definition) is 2. The summed E-state index contributed by atoms with van der Waals surface area (Å²) < 4.78 is 41.8. The lowest BCUT2D eigenvalue weighted by Crippen LogP contribution is -2.63. The van der Waals surface area contributed by atoms with Crippen LogP contribution in [0.4, 0.5) is 10.5 Å². The summed E-state index contributed by atoms with van der Waals surface area (Å²) in [6.45, 7) is 19.2. The summed E-state index contributed by atoms with van der Waals surface area (Å²) in [4.78, 5) is 112. The second-order valence-corrected chi connectivity index (χ2v) is 27.1. The van der Waals surface area contributed by atoms with E-state index in [-0.39, 0.29) is 90.3 Å². The summed E-state index contributed by atoms with van der Waals surface area (Å²) in [5.74, 6) is -2.91. The molecule has 456 valence electrons. The Kier molecular flexibility index (Phi) is 22.3. The van der Waals surface area contributed by atoms with Crippen LogP contribution in [0.3, 0.4) is 0 Å². The van der Waals surface area contributed by atoms with Crippen LogP contribution in [0.1, 0.15) is 120 Å². The van der Waals surface area contributed by atoms with E-state index in [0.29, 0.717) is 37.3 Å². The number of ether oxygens (including phenoxy) is 7. The lowest BCUT2D eigenvalue weighted by Gasteiger charge is -2.42. The van der Waals surface area contributed by atoms with Crippen molar-refractivity contribution in [2.45, 2.75) is 189 Å². The molecule has 1 aromatic rings. The van der Waals surface area contributed by atoms with Crippen molar-refractivity contribution in [3.8, 4) is 5.75 Å². The first-order chi connectivity index (χ1) is 38.3. The van der Waals surface area contributed by atoms with Gasteiger partial charge >= 0.3 is 12.1 Å². The second-order valence-electron chi connectivity index (χ2n) is 23.6. The molecule has 21 nitrogen and oxygen atoms in total. The summed E-state index contributed by atoms with van der Waals surface area (Å²) in [6, 6.07) is 2.38. The Morgan fingerprint density at radius 1 is 0.927 bits per heavy atom. The number of nitrogens with one attached hydrogen (secondary N) is 1. The van der Waals surface area contributed by atoms with E-state index in [1.54, 1.807) is 45.2 Å². The SMILES string of the molecule is COc1cc2cc(c1Cl)N(C)C(=O)C[C@H](OC(=O)[C@H](C)N(C)C(=O)CCSC1CC(=O)N(CCOC(C)(C)CCOC(C)(C)CCN3C(=O)CC(SC(C)C)C3=O)C1=O)[C@]1(C)O[C@H]1[C@H](C)[C@@H]1C[C@@](O)(NC(=O)O1)[C@H](OC)/C=C/C=C(\C)C2. The molecule has 10 atom stereocenters. The maximum atomic E-state index is 14.4. The van der Waals surface area contributed by atoms with Crippen molar-refractivity contribution < 1.29 is 76.6 Å². The number of halogens is 1. The van der Waals surface area contributed by atoms with Crippen LogP contribution in [0.25, 0.3) is 0 Å². The van der Waals surface area contributed by atoms with Crippen LogP contribution in [-0.2, 0) is 68.4 Å². The van der Waals surface area contributed by atoms with Crippen molar-refractivity contribution >= 4 is 88.3 Å². The van der Waals surface area contributed by atoms with Gasteiger partial charge in [-0.05, 0) is 90.7 Å². The summed E-state index contributed by atoms with van der Waals surface area (Å²) in [6.07, 6.45) is 1.39. The average molecular weight is 1210 g/mol. The van der Waals surface area contributed by atoms with Gasteiger partial charge in [0.05, 0.1) is 66.8 Å². The second kappa shape index (κ2) is 27.5. The number of thioether (sulfide) groups is 2. The molecule has 5 aliphatic heterocycles. The highest BCUT2D eigenvalue weighted by molar-refractivity contribution is 8.01. The van der Waals surface area contributed by atoms with Crippen molar-refractivity contribution in [3.05, 3.63) is 46.5 Å². The number of epoxide rings is 1. The molecule has 6 rings (SSSR count). The van der Waals surface area contributed by atoms with E-state index >= 15 is 0 Å². The molecule has 5 heterocycles. The Labute approximate surface area is 495 Å². The van der Waals surface area contributed by atoms with Crippen molar-refractivity contribution in [2.24, 2.45) is 5.92 Å². The number of alkyl carbamates (subject to hydrolysis) is 1. The van der Waals surface area contributed by atoms with E-state index in [1.807, 2.05) is 54.5 Å². The highest BCUT2D eigenvalue weighted by Crippen LogP contribution is 2.49. The molecule has 0 saturated carbocycles. The van der Waals surface area contributed by atoms with Crippen LogP contribution in [0.15, 0.2) is 35.9 Å². The van der Waals surface area contributed by atoms with Gasteiger partial charge in [0.2, 0.25) is 35.4 Å². The molecule has 0 aliphatic carbocycles. The largest absolute Gasteiger partial charge is 0.495 e. The molecule has 82 heavy (non-hydrogen) atoms. The zero-order chi connectivity index (χ0) is 60.8. The van der Waals surface area contributed by atoms with Gasteiger partial charge < -0.3 is 48.1 Å². The lowest BCUT2D eigenvalue weighted by atomic mass is 9.83. The zero-order valence-electron chi connectivity index (χ0n) is 49.8. The van der Waals surface area contributed by atoms with Gasteiger partial charge in [0, 0.05) is 65.1 Å². The number of amides is 7. The number of carbonyl (C=O) groups excluding carboxylic acids is 8. The summed E-state index contributed by atoms with van der Waals surface area (Å²) >= 11 is 9.52. The van der Waals surface area contributed by atoms with Crippen LogP contribution >= 0.6 is 35.1 Å². The monoisotopic (exact) mass is 1210 g/mol. The highest BCUT2D eigenvalue weighted by atomic mass is 35.5. The number of rotatable bonds is 22. The number of aliphatic hydroxyl groups is 1. The Morgan fingerprint density at radius 2 is 1.56 bits per heavy atom. The van der Waals surface area contributed by atoms with Gasteiger partial charge in [0.1, 0.15) is 40.7 Å². The number of likely N-dealkylation sites (N-methyl/N-ethyl adjacent to an activating group) is 1. The number of imide groups is 2. The molecular weight excluding hydrogens is 1120 g/mol. The molecule has 7 amide bonds. The molecular formula is C58H84ClN5O16S2. The first-order valence-electron chi connectivity index (χ1n) is 27.9. The normalized spacial score (nSPS) is 28.8. The van der Waals surface area contributed by atoms with Crippen LogP contribution in [0, 0.1) is 5.92 Å². The molecule has 0 spiro atoms. The fraction of sp³-hybridized carbons (Fsp3) is 0.690. The number of fused-ring (bicyclic) bond motifs is 5. The molecule has 5 aliphatic rings. The van der Waals surface area contributed by atoms with Gasteiger partial charge in [-0.1, -0.05) is 56.2 Å². The number of allylic oxidation sites excluding steroid dienone is 3. The third-order valence-electron chi connectivity index (χ3n) is 15.9. The quantitative estimate of drug-likeness (QED) is 0.0723. The van der Waals surface area contributed by atoms with Gasteiger partial charge in [-0.3, -0.25) is 43.9 Å². The Balaban J connectivity index is 1.03. The average Bonchev–Trinajstić information content (AvgIpc) is 3.98. The minimum atomic E-state index is -1.89. The van der Waals surface area contributed by atoms with Crippen LogP contribution < -0.4 is 15.0 Å². The van der Waals surface area contributed by atoms with Gasteiger partial charge in [-0.25, -0.2) is 9.59 Å². The van der Waals surface area contributed by atoms with Crippen molar-refractivity contribution in [3.63, 3.8) is 0 Å². The fourth-order valence-corrected chi connectivity index (χ4v) is 13.1. The van der Waals surface area contributed by atoms with Crippen molar-refractivity contribution in [1.82, 2.24) is 20.0 Å². The van der Waals surface area contributed by atoms with Crippen molar-refractivity contribution in [1.29, 1.82) is 0 Å². The molecule has 4 saturated heterocycles. The lowest BCUT2D eigenvalue weighted by molar-refractivity contribution is -0.162. The van der Waals surface area contributed by atoms with Gasteiger partial charge in [0.25, 0.3) is 0 Å². The zero-order valence-corrected chi connectivity index (χ0v) is 52.2. The number of anilines is 1. The number of methoxy groups -OCH3 is 2. The standard InChI is InChI=1S/C58H84ClN5O16S2/c1-33(2)82-42-30-48(68)63(52(42)70)21-19-55(6,7)76-23-20-56(8,9)77-24-22-64-47(67)29-41(51(64)69)81-25-18-45(65)61(11)36(5)53(71)79-44-31-46(66)62(12)38-27-37(28-39(74-13)49(38)59)26-34(3)16-15-17-43(75-14)58(73)32-40(78-54(72)60-58)35(4)50-57(44,10)80-50/h15-17,27-28,33,35-36,40-44,50,73H,18-26,29-32H2,1-14H3,(H,60,72)/b17-15+,34-16+/t35-,36+,40+,41?,42?,43-,44+,50+,57+,58+/m1/s1. The minimum absolute atomic E-state index is 0.0428. The van der Waals surface area contributed by atoms with Crippen LogP contribution in [0.2, 0.25) is 5.02 Å². The molecule has 2 N–H and O–H groups in total. The maximum Gasteiger partial charge on any atom is 0.409 e. The molecule has 2 unspecified atom stereocenters. The third kappa shape index (κ3) is 16.4. The maximum absolute atomic E-state index is 14.4. The van der Waals surface area contributed by atoms with Crippen LogP contribution in [0.5, 0.6) is 5.75 Å². The Bertz CT molecular complexity index is 2640. The molecule has 0 radical (unpaired) electrons. The Hall–Kier alpha value is -4.75. The molecule has 24 heteroatoms. The summed E-state index contributed by atoms with van der Waals surface area (Å²) in [7, 11) is 5.87. The smallest absolute Gasteiger partial charge is 0.409 e. The van der Waals surface area contributed by atoms with Gasteiger partial charge in [-0.2, -0.15) is 0 Å². The molecule has 1 aromatic carbocycles. The third-order valence-corrected chi connectivity index (χ3v) is 18.8. The summed E-state index contributed by atoms with van der Waals surface area (Å²) in [5.41, 5.74) is -2.49. The topological polar surface area (TPSA) is 250 Å². The molecule has 4 bridgehead atoms. The van der Waals surface area contributed by atoms with E-state index in [1.165, 1.54) is 71.3 Å².